The van der Waals surface area contributed by atoms with E-state index in [0.717, 1.165) is 6.54 Å². The fourth-order valence-electron chi connectivity index (χ4n) is 2.04. The number of ether oxygens (including phenoxy) is 2. The molecule has 1 atom stereocenters. The zero-order valence-electron chi connectivity index (χ0n) is 12.4. The van der Waals surface area contributed by atoms with Gasteiger partial charge in [-0.2, -0.15) is 4.68 Å². The number of hydrogen-bond donors (Lipinski definition) is 1. The molecule has 0 aliphatic heterocycles. The first kappa shape index (κ1) is 15.5. The first-order valence-corrected chi connectivity index (χ1v) is 6.93. The number of halogens is 1. The third-order valence-corrected chi connectivity index (χ3v) is 3.37. The first-order valence-electron chi connectivity index (χ1n) is 6.55. The van der Waals surface area contributed by atoms with Crippen LogP contribution < -0.4 is 14.8 Å². The number of methoxy groups -OCH3 is 2. The Kier molecular flexibility index (Phi) is 4.98. The molecule has 0 aliphatic rings. The van der Waals surface area contributed by atoms with Gasteiger partial charge in [-0.05, 0) is 30.0 Å². The number of tetrazole rings is 1. The molecular formula is C13H18ClN5O2. The van der Waals surface area contributed by atoms with Gasteiger partial charge in [0.15, 0.2) is 5.82 Å². The predicted molar refractivity (Wildman–Crippen MR) is 79.4 cm³/mol. The number of rotatable bonds is 6. The molecule has 7 nitrogen and oxygen atoms in total. The Balaban J connectivity index is 2.52. The van der Waals surface area contributed by atoms with Crippen molar-refractivity contribution in [2.75, 3.05) is 20.8 Å². The van der Waals surface area contributed by atoms with E-state index in [-0.39, 0.29) is 6.04 Å². The molecular weight excluding hydrogens is 294 g/mol. The largest absolute Gasteiger partial charge is 0.495 e. The van der Waals surface area contributed by atoms with Crippen molar-refractivity contribution in [3.63, 3.8) is 0 Å². The lowest BCUT2D eigenvalue weighted by atomic mass is 10.2. The summed E-state index contributed by atoms with van der Waals surface area (Å²) in [5.41, 5.74) is 0.660. The van der Waals surface area contributed by atoms with Gasteiger partial charge >= 0.3 is 0 Å². The molecule has 1 N–H and O–H groups in total. The Hall–Kier alpha value is -1.86. The van der Waals surface area contributed by atoms with Crippen LogP contribution in [0.5, 0.6) is 11.5 Å². The molecule has 0 fully saturated rings. The Morgan fingerprint density at radius 1 is 1.29 bits per heavy atom. The molecule has 1 aromatic heterocycles. The lowest BCUT2D eigenvalue weighted by Gasteiger charge is -2.15. The maximum atomic E-state index is 6.19. The normalized spacial score (nSPS) is 12.2. The Morgan fingerprint density at radius 3 is 2.62 bits per heavy atom. The summed E-state index contributed by atoms with van der Waals surface area (Å²) in [6.45, 7) is 4.83. The second-order valence-corrected chi connectivity index (χ2v) is 4.79. The van der Waals surface area contributed by atoms with Gasteiger partial charge < -0.3 is 14.8 Å². The van der Waals surface area contributed by atoms with Gasteiger partial charge in [-0.25, -0.2) is 0 Å². The molecule has 21 heavy (non-hydrogen) atoms. The molecule has 0 saturated heterocycles. The van der Waals surface area contributed by atoms with Crippen LogP contribution in [0.4, 0.5) is 0 Å². The highest BCUT2D eigenvalue weighted by Crippen LogP contribution is 2.35. The Labute approximate surface area is 128 Å². The summed E-state index contributed by atoms with van der Waals surface area (Å²) in [5, 5.41) is 15.6. The highest BCUT2D eigenvalue weighted by Gasteiger charge is 2.19. The van der Waals surface area contributed by atoms with Crippen LogP contribution in [-0.2, 0) is 0 Å². The van der Waals surface area contributed by atoms with Crippen LogP contribution in [0.2, 0.25) is 5.02 Å². The number of nitrogens with one attached hydrogen (secondary N) is 1. The maximum Gasteiger partial charge on any atom is 0.173 e. The topological polar surface area (TPSA) is 74.1 Å². The van der Waals surface area contributed by atoms with Crippen molar-refractivity contribution in [3.8, 4) is 17.2 Å². The monoisotopic (exact) mass is 311 g/mol. The van der Waals surface area contributed by atoms with Crippen molar-refractivity contribution in [1.29, 1.82) is 0 Å². The molecule has 0 aliphatic carbocycles. The van der Waals surface area contributed by atoms with E-state index in [1.807, 2.05) is 13.8 Å². The van der Waals surface area contributed by atoms with E-state index in [2.05, 4.69) is 20.8 Å². The summed E-state index contributed by atoms with van der Waals surface area (Å²) in [6.07, 6.45) is 0. The van der Waals surface area contributed by atoms with Gasteiger partial charge in [0.2, 0.25) is 0 Å². The SMILES string of the molecule is CCNC(C)c1nnnn1-c1cc(Cl)c(OC)cc1OC. The zero-order valence-corrected chi connectivity index (χ0v) is 13.2. The first-order chi connectivity index (χ1) is 10.1. The summed E-state index contributed by atoms with van der Waals surface area (Å²) < 4.78 is 12.2. The van der Waals surface area contributed by atoms with Crippen LogP contribution in [-0.4, -0.2) is 41.0 Å². The van der Waals surface area contributed by atoms with Crippen LogP contribution in [0.15, 0.2) is 12.1 Å². The number of benzene rings is 1. The quantitative estimate of drug-likeness (QED) is 0.879. The van der Waals surface area contributed by atoms with Crippen molar-refractivity contribution < 1.29 is 9.47 Å². The fraction of sp³-hybridized carbons (Fsp3) is 0.462. The van der Waals surface area contributed by atoms with E-state index >= 15 is 0 Å². The van der Waals surface area contributed by atoms with E-state index in [9.17, 15) is 0 Å². The summed E-state index contributed by atoms with van der Waals surface area (Å²) in [5.74, 6) is 1.79. The van der Waals surface area contributed by atoms with Gasteiger partial charge in [0.05, 0.1) is 25.3 Å². The molecule has 1 aromatic carbocycles. The van der Waals surface area contributed by atoms with Gasteiger partial charge in [-0.15, -0.1) is 5.10 Å². The maximum absolute atomic E-state index is 6.19. The van der Waals surface area contributed by atoms with Gasteiger partial charge in [0.25, 0.3) is 0 Å². The minimum absolute atomic E-state index is 0.00409. The van der Waals surface area contributed by atoms with E-state index in [0.29, 0.717) is 28.0 Å². The molecule has 114 valence electrons. The molecule has 0 bridgehead atoms. The molecule has 1 heterocycles. The van der Waals surface area contributed by atoms with Gasteiger partial charge in [-0.3, -0.25) is 0 Å². The Morgan fingerprint density at radius 2 is 2.00 bits per heavy atom. The van der Waals surface area contributed by atoms with Gasteiger partial charge in [0, 0.05) is 6.07 Å². The highest BCUT2D eigenvalue weighted by atomic mass is 35.5. The van der Waals surface area contributed by atoms with Crippen molar-refractivity contribution in [2.24, 2.45) is 0 Å². The van der Waals surface area contributed by atoms with E-state index in [1.165, 1.54) is 0 Å². The minimum atomic E-state index is -0.00409. The van der Waals surface area contributed by atoms with Gasteiger partial charge in [-0.1, -0.05) is 18.5 Å². The fourth-order valence-corrected chi connectivity index (χ4v) is 2.28. The third-order valence-electron chi connectivity index (χ3n) is 3.07. The minimum Gasteiger partial charge on any atom is -0.495 e. The summed E-state index contributed by atoms with van der Waals surface area (Å²) >= 11 is 6.19. The second-order valence-electron chi connectivity index (χ2n) is 4.39. The van der Waals surface area contributed by atoms with Crippen LogP contribution in [0.1, 0.15) is 25.7 Å². The highest BCUT2D eigenvalue weighted by molar-refractivity contribution is 6.32. The van der Waals surface area contributed by atoms with E-state index in [1.54, 1.807) is 31.0 Å². The molecule has 0 spiro atoms. The number of hydrogen-bond acceptors (Lipinski definition) is 6. The average Bonchev–Trinajstić information content (AvgIpc) is 2.96. The zero-order chi connectivity index (χ0) is 15.4. The van der Waals surface area contributed by atoms with Crippen LogP contribution in [0.25, 0.3) is 5.69 Å². The number of aromatic nitrogens is 4. The lowest BCUT2D eigenvalue weighted by molar-refractivity contribution is 0.391. The van der Waals surface area contributed by atoms with Gasteiger partial charge in [0.1, 0.15) is 17.2 Å². The van der Waals surface area contributed by atoms with E-state index in [4.69, 9.17) is 21.1 Å². The summed E-state index contributed by atoms with van der Waals surface area (Å²) in [4.78, 5) is 0. The summed E-state index contributed by atoms with van der Waals surface area (Å²) in [6, 6.07) is 3.43. The standard InChI is InChI=1S/C13H18ClN5O2/c1-5-15-8(2)13-16-17-18-19(13)10-6-9(14)11(20-3)7-12(10)21-4/h6-8,15H,5H2,1-4H3. The molecule has 2 aromatic rings. The number of nitrogens with zero attached hydrogens (tertiary/aromatic N) is 4. The molecule has 0 radical (unpaired) electrons. The molecule has 1 unspecified atom stereocenters. The molecule has 0 saturated carbocycles. The summed E-state index contributed by atoms with van der Waals surface area (Å²) in [7, 11) is 3.12. The molecule has 0 amide bonds. The van der Waals surface area contributed by atoms with Crippen molar-refractivity contribution in [1.82, 2.24) is 25.5 Å². The van der Waals surface area contributed by atoms with Crippen molar-refractivity contribution >= 4 is 11.6 Å². The van der Waals surface area contributed by atoms with Crippen molar-refractivity contribution in [2.45, 2.75) is 19.9 Å². The van der Waals surface area contributed by atoms with Crippen molar-refractivity contribution in [3.05, 3.63) is 23.0 Å². The van der Waals surface area contributed by atoms with Crippen LogP contribution >= 0.6 is 11.6 Å². The smallest absolute Gasteiger partial charge is 0.173 e. The molecule has 8 heteroatoms. The van der Waals surface area contributed by atoms with E-state index < -0.39 is 0 Å². The van der Waals surface area contributed by atoms with Crippen LogP contribution in [0.3, 0.4) is 0 Å². The lowest BCUT2D eigenvalue weighted by Crippen LogP contribution is -2.21. The Bertz CT molecular complexity index is 617. The predicted octanol–water partition coefficient (Wildman–Crippen LogP) is 2.00. The third kappa shape index (κ3) is 3.08. The average molecular weight is 312 g/mol. The molecule has 2 rings (SSSR count). The second kappa shape index (κ2) is 6.73. The van der Waals surface area contributed by atoms with Crippen LogP contribution in [0, 0.1) is 0 Å².